The van der Waals surface area contributed by atoms with Crippen molar-refractivity contribution in [3.8, 4) is 5.88 Å². The van der Waals surface area contributed by atoms with E-state index in [1.807, 2.05) is 19.9 Å². The number of hydrogen-bond donors (Lipinski definition) is 1. The lowest BCUT2D eigenvalue weighted by Gasteiger charge is -2.11. The van der Waals surface area contributed by atoms with Gasteiger partial charge in [0.05, 0.1) is 11.8 Å². The van der Waals surface area contributed by atoms with E-state index in [-0.39, 0.29) is 6.10 Å². The van der Waals surface area contributed by atoms with Crippen molar-refractivity contribution in [3.05, 3.63) is 23.9 Å². The van der Waals surface area contributed by atoms with Crippen LogP contribution in [0.25, 0.3) is 0 Å². The van der Waals surface area contributed by atoms with Crippen molar-refractivity contribution in [2.24, 2.45) is 0 Å². The zero-order valence-corrected chi connectivity index (χ0v) is 9.86. The van der Waals surface area contributed by atoms with E-state index in [2.05, 4.69) is 20.9 Å². The summed E-state index contributed by atoms with van der Waals surface area (Å²) in [5, 5.41) is 10.0. The van der Waals surface area contributed by atoms with Gasteiger partial charge >= 0.3 is 0 Å². The second-order valence-electron chi connectivity index (χ2n) is 3.24. The highest BCUT2D eigenvalue weighted by Crippen LogP contribution is 2.16. The maximum atomic E-state index is 9.52. The van der Waals surface area contributed by atoms with Gasteiger partial charge in [-0.05, 0) is 19.9 Å². The Hall–Kier alpha value is -0.610. The molecule has 1 aromatic heterocycles. The Kier molecular flexibility index (Phi) is 4.35. The smallest absolute Gasteiger partial charge is 0.213 e. The molecule has 1 atom stereocenters. The molecule has 0 bridgehead atoms. The molecule has 0 fully saturated rings. The van der Waals surface area contributed by atoms with Crippen molar-refractivity contribution < 1.29 is 9.84 Å². The van der Waals surface area contributed by atoms with Crippen LogP contribution < -0.4 is 4.74 Å². The van der Waals surface area contributed by atoms with Gasteiger partial charge in [0, 0.05) is 11.4 Å². The predicted molar refractivity (Wildman–Crippen MR) is 58.8 cm³/mol. The molecule has 0 aromatic carbocycles. The number of aliphatic hydroxyl groups excluding tert-OH is 1. The fraction of sp³-hybridized carbons (Fsp3) is 0.500. The van der Waals surface area contributed by atoms with E-state index in [1.165, 1.54) is 0 Å². The molecule has 1 N–H and O–H groups in total. The summed E-state index contributed by atoms with van der Waals surface area (Å²) in [5.41, 5.74) is 0.625. The molecule has 0 aliphatic heterocycles. The highest BCUT2D eigenvalue weighted by molar-refractivity contribution is 9.09. The second kappa shape index (κ2) is 5.32. The SMILES string of the molecule is CC(C)Oc1cccc(C(O)CBr)n1. The molecule has 4 heteroatoms. The third-order valence-electron chi connectivity index (χ3n) is 1.59. The number of nitrogens with zero attached hydrogens (tertiary/aromatic N) is 1. The fourth-order valence-electron chi connectivity index (χ4n) is 1.00. The van der Waals surface area contributed by atoms with Gasteiger partial charge in [-0.1, -0.05) is 22.0 Å². The van der Waals surface area contributed by atoms with E-state index in [0.29, 0.717) is 16.9 Å². The van der Waals surface area contributed by atoms with Crippen LogP contribution in [-0.4, -0.2) is 21.5 Å². The number of ether oxygens (including phenoxy) is 1. The molecule has 1 aromatic rings. The summed E-state index contributed by atoms with van der Waals surface area (Å²) in [6.07, 6.45) is -0.482. The number of aromatic nitrogens is 1. The first kappa shape index (κ1) is 11.5. The average molecular weight is 260 g/mol. The fourth-order valence-corrected chi connectivity index (χ4v) is 1.33. The molecule has 0 aliphatic rings. The zero-order chi connectivity index (χ0) is 10.6. The van der Waals surface area contributed by atoms with Gasteiger partial charge < -0.3 is 9.84 Å². The number of hydrogen-bond acceptors (Lipinski definition) is 3. The summed E-state index contributed by atoms with van der Waals surface area (Å²) in [6, 6.07) is 5.38. The van der Waals surface area contributed by atoms with Gasteiger partial charge in [0.1, 0.15) is 6.10 Å². The molecular weight excluding hydrogens is 246 g/mol. The largest absolute Gasteiger partial charge is 0.475 e. The summed E-state index contributed by atoms with van der Waals surface area (Å²) in [7, 11) is 0. The molecule has 14 heavy (non-hydrogen) atoms. The summed E-state index contributed by atoms with van der Waals surface area (Å²) in [4.78, 5) is 4.18. The standard InChI is InChI=1S/C10H14BrNO2/c1-7(2)14-10-5-3-4-8(12-10)9(13)6-11/h3-5,7,9,13H,6H2,1-2H3. The average Bonchev–Trinajstić information content (AvgIpc) is 2.16. The molecule has 0 spiro atoms. The molecule has 0 saturated heterocycles. The van der Waals surface area contributed by atoms with Gasteiger partial charge in [-0.25, -0.2) is 4.98 Å². The van der Waals surface area contributed by atoms with Crippen molar-refractivity contribution in [2.45, 2.75) is 26.1 Å². The maximum absolute atomic E-state index is 9.52. The van der Waals surface area contributed by atoms with Crippen LogP contribution in [0.3, 0.4) is 0 Å². The Morgan fingerprint density at radius 2 is 2.21 bits per heavy atom. The lowest BCUT2D eigenvalue weighted by Crippen LogP contribution is -2.09. The molecular formula is C10H14BrNO2. The van der Waals surface area contributed by atoms with E-state index in [4.69, 9.17) is 4.74 Å². The van der Waals surface area contributed by atoms with Crippen LogP contribution in [0, 0.1) is 0 Å². The quantitative estimate of drug-likeness (QED) is 0.844. The second-order valence-corrected chi connectivity index (χ2v) is 3.88. The normalized spacial score (nSPS) is 12.9. The highest BCUT2D eigenvalue weighted by Gasteiger charge is 2.08. The van der Waals surface area contributed by atoms with Crippen LogP contribution in [0.1, 0.15) is 25.6 Å². The summed E-state index contributed by atoms with van der Waals surface area (Å²) >= 11 is 3.20. The number of pyridine rings is 1. The summed E-state index contributed by atoms with van der Waals surface area (Å²) in [5.74, 6) is 0.553. The highest BCUT2D eigenvalue weighted by atomic mass is 79.9. The molecule has 1 heterocycles. The number of alkyl halides is 1. The van der Waals surface area contributed by atoms with Gasteiger partial charge in [-0.3, -0.25) is 0 Å². The molecule has 0 saturated carbocycles. The number of halogens is 1. The zero-order valence-electron chi connectivity index (χ0n) is 8.27. The van der Waals surface area contributed by atoms with Crippen molar-refractivity contribution in [1.82, 2.24) is 4.98 Å². The Morgan fingerprint density at radius 1 is 1.50 bits per heavy atom. The van der Waals surface area contributed by atoms with Gasteiger partial charge in [0.15, 0.2) is 0 Å². The van der Waals surface area contributed by atoms with Gasteiger partial charge in [-0.2, -0.15) is 0 Å². The molecule has 1 rings (SSSR count). The van der Waals surface area contributed by atoms with Crippen LogP contribution in [0.15, 0.2) is 18.2 Å². The molecule has 0 aliphatic carbocycles. The van der Waals surface area contributed by atoms with Gasteiger partial charge in [-0.15, -0.1) is 0 Å². The number of aliphatic hydroxyl groups is 1. The van der Waals surface area contributed by atoms with E-state index in [9.17, 15) is 5.11 Å². The minimum absolute atomic E-state index is 0.0962. The monoisotopic (exact) mass is 259 g/mol. The summed E-state index contributed by atoms with van der Waals surface area (Å²) < 4.78 is 5.41. The van der Waals surface area contributed by atoms with E-state index in [1.54, 1.807) is 12.1 Å². The first-order valence-corrected chi connectivity index (χ1v) is 5.63. The Bertz CT molecular complexity index is 291. The van der Waals surface area contributed by atoms with E-state index >= 15 is 0 Å². The topological polar surface area (TPSA) is 42.4 Å². The first-order valence-electron chi connectivity index (χ1n) is 4.51. The van der Waals surface area contributed by atoms with Crippen LogP contribution >= 0.6 is 15.9 Å². The predicted octanol–water partition coefficient (Wildman–Crippen LogP) is 2.30. The molecule has 0 radical (unpaired) electrons. The Morgan fingerprint density at radius 3 is 2.79 bits per heavy atom. The third kappa shape index (κ3) is 3.27. The van der Waals surface area contributed by atoms with Crippen molar-refractivity contribution in [2.75, 3.05) is 5.33 Å². The van der Waals surface area contributed by atoms with Gasteiger partial charge in [0.25, 0.3) is 0 Å². The van der Waals surface area contributed by atoms with Crippen molar-refractivity contribution >= 4 is 15.9 Å². The van der Waals surface area contributed by atoms with Crippen molar-refractivity contribution in [3.63, 3.8) is 0 Å². The van der Waals surface area contributed by atoms with E-state index in [0.717, 1.165) is 0 Å². The summed E-state index contributed by atoms with van der Waals surface area (Å²) in [6.45, 7) is 3.88. The van der Waals surface area contributed by atoms with Crippen molar-refractivity contribution in [1.29, 1.82) is 0 Å². The van der Waals surface area contributed by atoms with Crippen LogP contribution in [0.2, 0.25) is 0 Å². The lowest BCUT2D eigenvalue weighted by molar-refractivity contribution is 0.193. The number of rotatable bonds is 4. The molecule has 1 unspecified atom stereocenters. The van der Waals surface area contributed by atoms with Crippen LogP contribution in [0.4, 0.5) is 0 Å². The minimum Gasteiger partial charge on any atom is -0.475 e. The first-order chi connectivity index (χ1) is 6.63. The lowest BCUT2D eigenvalue weighted by atomic mass is 10.2. The Labute approximate surface area is 92.3 Å². The molecule has 0 amide bonds. The maximum Gasteiger partial charge on any atom is 0.213 e. The van der Waals surface area contributed by atoms with Gasteiger partial charge in [0.2, 0.25) is 5.88 Å². The Balaban J connectivity index is 2.78. The van der Waals surface area contributed by atoms with E-state index < -0.39 is 6.10 Å². The molecule has 3 nitrogen and oxygen atoms in total. The molecule has 78 valence electrons. The third-order valence-corrected chi connectivity index (χ3v) is 2.20. The van der Waals surface area contributed by atoms with Crippen LogP contribution in [0.5, 0.6) is 5.88 Å². The minimum atomic E-state index is -0.578. The van der Waals surface area contributed by atoms with Crippen LogP contribution in [-0.2, 0) is 0 Å².